The molecule has 1 heterocycles. The lowest BCUT2D eigenvalue weighted by molar-refractivity contribution is 0.569. The average molecular weight is 373 g/mol. The van der Waals surface area contributed by atoms with E-state index in [0.717, 1.165) is 0 Å². The van der Waals surface area contributed by atoms with E-state index in [1.807, 2.05) is 11.3 Å². The molecule has 0 spiro atoms. The molecule has 0 bridgehead atoms. The third-order valence-corrected chi connectivity index (χ3v) is 6.51. The Kier molecular flexibility index (Phi) is 4.20. The highest BCUT2D eigenvalue weighted by Gasteiger charge is 2.21. The van der Waals surface area contributed by atoms with Crippen LogP contribution < -0.4 is 0 Å². The Labute approximate surface area is 166 Å². The van der Waals surface area contributed by atoms with E-state index >= 15 is 0 Å². The number of hydrogen-bond acceptors (Lipinski definition) is 1. The fourth-order valence-corrected chi connectivity index (χ4v) is 4.71. The van der Waals surface area contributed by atoms with Crippen LogP contribution in [0.15, 0.2) is 60.7 Å². The molecule has 0 amide bonds. The summed E-state index contributed by atoms with van der Waals surface area (Å²) in [6.07, 6.45) is 0. The minimum absolute atomic E-state index is 0.137. The SMILES string of the molecule is CC(C)(C)c1cc(-c2ccc3c(c2)sc2ccccc23)cc(C(C)(C)C)c1. The van der Waals surface area contributed by atoms with Crippen LogP contribution in [0.3, 0.4) is 0 Å². The number of hydrogen-bond donors (Lipinski definition) is 0. The summed E-state index contributed by atoms with van der Waals surface area (Å²) in [5.74, 6) is 0. The predicted octanol–water partition coefficient (Wildman–Crippen LogP) is 8.32. The number of rotatable bonds is 1. The second-order valence-corrected chi connectivity index (χ2v) is 10.7. The molecule has 0 unspecified atom stereocenters. The van der Waals surface area contributed by atoms with Gasteiger partial charge in [0, 0.05) is 20.2 Å². The molecule has 1 heteroatoms. The predicted molar refractivity (Wildman–Crippen MR) is 122 cm³/mol. The van der Waals surface area contributed by atoms with Crippen molar-refractivity contribution in [2.24, 2.45) is 0 Å². The molecule has 138 valence electrons. The van der Waals surface area contributed by atoms with Gasteiger partial charge in [0.05, 0.1) is 0 Å². The van der Waals surface area contributed by atoms with E-state index in [1.165, 1.54) is 42.4 Å². The third kappa shape index (κ3) is 3.41. The summed E-state index contributed by atoms with van der Waals surface area (Å²) >= 11 is 1.89. The zero-order valence-electron chi connectivity index (χ0n) is 17.2. The fraction of sp³-hybridized carbons (Fsp3) is 0.308. The minimum atomic E-state index is 0.137. The molecule has 4 aromatic rings. The molecule has 0 nitrogen and oxygen atoms in total. The Morgan fingerprint density at radius 3 is 1.78 bits per heavy atom. The molecule has 0 aliphatic rings. The Balaban J connectivity index is 1.93. The van der Waals surface area contributed by atoms with Gasteiger partial charge in [-0.3, -0.25) is 0 Å². The van der Waals surface area contributed by atoms with Crippen molar-refractivity contribution in [2.75, 3.05) is 0 Å². The van der Waals surface area contributed by atoms with Gasteiger partial charge in [0.1, 0.15) is 0 Å². The van der Waals surface area contributed by atoms with Crippen LogP contribution >= 0.6 is 11.3 Å². The summed E-state index contributed by atoms with van der Waals surface area (Å²) in [5.41, 5.74) is 5.72. The summed E-state index contributed by atoms with van der Waals surface area (Å²) in [6.45, 7) is 13.8. The van der Waals surface area contributed by atoms with Gasteiger partial charge >= 0.3 is 0 Å². The quantitative estimate of drug-likeness (QED) is 0.315. The van der Waals surface area contributed by atoms with Crippen molar-refractivity contribution in [3.05, 3.63) is 71.8 Å². The van der Waals surface area contributed by atoms with Crippen LogP contribution in [0, 0.1) is 0 Å². The van der Waals surface area contributed by atoms with E-state index < -0.39 is 0 Å². The minimum Gasteiger partial charge on any atom is -0.135 e. The summed E-state index contributed by atoms with van der Waals surface area (Å²) in [6, 6.07) is 22.8. The fourth-order valence-electron chi connectivity index (χ4n) is 3.57. The highest BCUT2D eigenvalue weighted by molar-refractivity contribution is 7.25. The van der Waals surface area contributed by atoms with Crippen molar-refractivity contribution in [1.29, 1.82) is 0 Å². The van der Waals surface area contributed by atoms with Crippen LogP contribution in [-0.2, 0) is 10.8 Å². The molecule has 0 aliphatic carbocycles. The van der Waals surface area contributed by atoms with E-state index in [4.69, 9.17) is 0 Å². The molecule has 1 aromatic heterocycles. The van der Waals surface area contributed by atoms with Gasteiger partial charge in [0.2, 0.25) is 0 Å². The molecule has 0 radical (unpaired) electrons. The van der Waals surface area contributed by atoms with Crippen molar-refractivity contribution in [3.63, 3.8) is 0 Å². The molecule has 0 atom stereocenters. The maximum Gasteiger partial charge on any atom is 0.0361 e. The second kappa shape index (κ2) is 6.21. The van der Waals surface area contributed by atoms with Crippen LogP contribution in [0.25, 0.3) is 31.3 Å². The highest BCUT2D eigenvalue weighted by atomic mass is 32.1. The lowest BCUT2D eigenvalue weighted by Crippen LogP contribution is -2.16. The van der Waals surface area contributed by atoms with Gasteiger partial charge in [-0.1, -0.05) is 90.1 Å². The molecule has 0 saturated carbocycles. The molecular formula is C26H28S. The molecule has 27 heavy (non-hydrogen) atoms. The number of fused-ring (bicyclic) bond motifs is 3. The molecule has 0 N–H and O–H groups in total. The van der Waals surface area contributed by atoms with Crippen LogP contribution in [0.4, 0.5) is 0 Å². The van der Waals surface area contributed by atoms with Gasteiger partial charge in [-0.25, -0.2) is 0 Å². The first kappa shape index (κ1) is 18.3. The number of benzene rings is 3. The van der Waals surface area contributed by atoms with E-state index in [9.17, 15) is 0 Å². The van der Waals surface area contributed by atoms with E-state index in [1.54, 1.807) is 0 Å². The Hall–Kier alpha value is -2.12. The standard InChI is InChI=1S/C26H28S/c1-25(2,3)19-13-18(14-20(16-19)26(4,5)6)17-11-12-22-21-9-7-8-10-23(21)27-24(22)15-17/h7-16H,1-6H3. The maximum atomic E-state index is 2.39. The summed E-state index contributed by atoms with van der Waals surface area (Å²) in [7, 11) is 0. The maximum absolute atomic E-state index is 2.39. The summed E-state index contributed by atoms with van der Waals surface area (Å²) < 4.78 is 2.73. The van der Waals surface area contributed by atoms with Crippen molar-refractivity contribution < 1.29 is 0 Å². The first-order chi connectivity index (χ1) is 12.6. The van der Waals surface area contributed by atoms with Crippen LogP contribution in [-0.4, -0.2) is 0 Å². The summed E-state index contributed by atoms with van der Waals surface area (Å²) in [5, 5.41) is 2.73. The zero-order valence-corrected chi connectivity index (χ0v) is 18.0. The van der Waals surface area contributed by atoms with Gasteiger partial charge in [-0.2, -0.15) is 0 Å². The normalized spacial score (nSPS) is 12.8. The van der Waals surface area contributed by atoms with Crippen molar-refractivity contribution >= 4 is 31.5 Å². The molecule has 3 aromatic carbocycles. The first-order valence-electron chi connectivity index (χ1n) is 9.71. The summed E-state index contributed by atoms with van der Waals surface area (Å²) in [4.78, 5) is 0. The molecular weight excluding hydrogens is 344 g/mol. The van der Waals surface area contributed by atoms with Crippen LogP contribution in [0.2, 0.25) is 0 Å². The van der Waals surface area contributed by atoms with Crippen molar-refractivity contribution in [2.45, 2.75) is 52.4 Å². The smallest absolute Gasteiger partial charge is 0.0361 e. The Bertz CT molecular complexity index is 1100. The van der Waals surface area contributed by atoms with Gasteiger partial charge in [0.15, 0.2) is 0 Å². The zero-order chi connectivity index (χ0) is 19.4. The monoisotopic (exact) mass is 372 g/mol. The highest BCUT2D eigenvalue weighted by Crippen LogP contribution is 2.38. The molecule has 0 aliphatic heterocycles. The van der Waals surface area contributed by atoms with Gasteiger partial charge < -0.3 is 0 Å². The first-order valence-corrected chi connectivity index (χ1v) is 10.5. The van der Waals surface area contributed by atoms with E-state index in [2.05, 4.69) is 102 Å². The molecule has 0 fully saturated rings. The van der Waals surface area contributed by atoms with Crippen molar-refractivity contribution in [1.82, 2.24) is 0 Å². The lowest BCUT2D eigenvalue weighted by Gasteiger charge is -2.26. The van der Waals surface area contributed by atoms with Crippen LogP contribution in [0.1, 0.15) is 52.7 Å². The van der Waals surface area contributed by atoms with Gasteiger partial charge in [0.25, 0.3) is 0 Å². The van der Waals surface area contributed by atoms with Crippen molar-refractivity contribution in [3.8, 4) is 11.1 Å². The largest absolute Gasteiger partial charge is 0.135 e. The molecule has 0 saturated heterocycles. The Morgan fingerprint density at radius 1 is 0.556 bits per heavy atom. The van der Waals surface area contributed by atoms with Gasteiger partial charge in [-0.15, -0.1) is 11.3 Å². The second-order valence-electron chi connectivity index (χ2n) is 9.61. The topological polar surface area (TPSA) is 0 Å². The third-order valence-electron chi connectivity index (χ3n) is 5.38. The van der Waals surface area contributed by atoms with Gasteiger partial charge in [-0.05, 0) is 45.2 Å². The van der Waals surface area contributed by atoms with E-state index in [0.29, 0.717) is 0 Å². The van der Waals surface area contributed by atoms with Crippen LogP contribution in [0.5, 0.6) is 0 Å². The average Bonchev–Trinajstić information content (AvgIpc) is 2.97. The number of thiophene rings is 1. The Morgan fingerprint density at radius 2 is 1.15 bits per heavy atom. The van der Waals surface area contributed by atoms with E-state index in [-0.39, 0.29) is 10.8 Å². The molecule has 4 rings (SSSR count). The lowest BCUT2D eigenvalue weighted by atomic mass is 9.79.